The van der Waals surface area contributed by atoms with Crippen LogP contribution in [0.4, 0.5) is 11.6 Å². The van der Waals surface area contributed by atoms with Crippen LogP contribution < -0.4 is 4.90 Å². The molecule has 200 valence electrons. The van der Waals surface area contributed by atoms with Crippen molar-refractivity contribution >= 4 is 72.7 Å². The van der Waals surface area contributed by atoms with Gasteiger partial charge in [-0.05, 0) is 49.2 Å². The van der Waals surface area contributed by atoms with Gasteiger partial charge < -0.3 is 4.74 Å². The SMILES string of the molecule is COC(=O)C1CCN(S(=O)(=O)c2cnc3n2[C@](C)(Cc2ccc(Br)cc2)C(=O)N3c2cc(Cl)cc(Cl)c2)C1. The summed E-state index contributed by atoms with van der Waals surface area (Å²) in [5, 5.41) is 0.499. The zero-order chi connectivity index (χ0) is 27.4. The van der Waals surface area contributed by atoms with Gasteiger partial charge in [-0.1, -0.05) is 51.3 Å². The lowest BCUT2D eigenvalue weighted by Crippen LogP contribution is -2.43. The number of halogens is 3. The number of rotatable bonds is 6. The molecule has 2 aromatic carbocycles. The monoisotopic (exact) mass is 640 g/mol. The molecule has 0 aliphatic carbocycles. The third-order valence-corrected chi connectivity index (χ3v) is 9.72. The van der Waals surface area contributed by atoms with E-state index in [1.54, 1.807) is 25.1 Å². The van der Waals surface area contributed by atoms with Crippen molar-refractivity contribution in [1.82, 2.24) is 13.9 Å². The van der Waals surface area contributed by atoms with Crippen LogP contribution in [0.25, 0.3) is 0 Å². The second-order valence-corrected chi connectivity index (χ2v) is 13.1. The zero-order valence-electron chi connectivity index (χ0n) is 20.4. The Kier molecular flexibility index (Phi) is 7.10. The van der Waals surface area contributed by atoms with E-state index in [0.717, 1.165) is 10.0 Å². The molecule has 3 heterocycles. The van der Waals surface area contributed by atoms with Gasteiger partial charge in [0.25, 0.3) is 15.9 Å². The summed E-state index contributed by atoms with van der Waals surface area (Å²) in [4.78, 5) is 31.9. The Balaban J connectivity index is 1.64. The molecule has 3 aromatic rings. The van der Waals surface area contributed by atoms with Crippen LogP contribution in [-0.4, -0.2) is 54.3 Å². The van der Waals surface area contributed by atoms with Crippen molar-refractivity contribution in [1.29, 1.82) is 0 Å². The van der Waals surface area contributed by atoms with Crippen LogP contribution in [0.5, 0.6) is 0 Å². The molecule has 0 bridgehead atoms. The number of ether oxygens (including phenoxy) is 1. The Bertz CT molecular complexity index is 1530. The maximum atomic E-state index is 14.1. The molecular weight excluding hydrogens is 619 g/mol. The summed E-state index contributed by atoms with van der Waals surface area (Å²) >= 11 is 15.9. The van der Waals surface area contributed by atoms with E-state index in [1.807, 2.05) is 24.3 Å². The highest BCUT2D eigenvalue weighted by atomic mass is 79.9. The van der Waals surface area contributed by atoms with E-state index >= 15 is 0 Å². The fourth-order valence-electron chi connectivity index (χ4n) is 5.05. The van der Waals surface area contributed by atoms with Crippen LogP contribution in [-0.2, 0) is 36.3 Å². The van der Waals surface area contributed by atoms with E-state index < -0.39 is 27.4 Å². The van der Waals surface area contributed by atoms with Crippen molar-refractivity contribution in [2.24, 2.45) is 5.92 Å². The molecule has 5 rings (SSSR count). The molecule has 2 aliphatic rings. The molecule has 1 saturated heterocycles. The third kappa shape index (κ3) is 4.54. The minimum Gasteiger partial charge on any atom is -0.469 e. The van der Waals surface area contributed by atoms with E-state index in [4.69, 9.17) is 27.9 Å². The summed E-state index contributed by atoms with van der Waals surface area (Å²) < 4.78 is 36.2. The first kappa shape index (κ1) is 27.1. The Morgan fingerprint density at radius 2 is 1.84 bits per heavy atom. The van der Waals surface area contributed by atoms with Gasteiger partial charge in [0.2, 0.25) is 5.95 Å². The Morgan fingerprint density at radius 1 is 1.18 bits per heavy atom. The fraction of sp³-hybridized carbons (Fsp3) is 0.320. The second kappa shape index (κ2) is 9.95. The number of benzene rings is 2. The Labute approximate surface area is 238 Å². The molecule has 9 nitrogen and oxygen atoms in total. The van der Waals surface area contributed by atoms with Crippen molar-refractivity contribution in [3.8, 4) is 0 Å². The molecule has 13 heteroatoms. The smallest absolute Gasteiger partial charge is 0.310 e. The lowest BCUT2D eigenvalue weighted by atomic mass is 9.92. The number of anilines is 2. The van der Waals surface area contributed by atoms with Crippen LogP contribution in [0.2, 0.25) is 10.0 Å². The summed E-state index contributed by atoms with van der Waals surface area (Å²) in [5.74, 6) is -1.26. The number of nitrogens with zero attached hydrogens (tertiary/aromatic N) is 4. The molecule has 0 spiro atoms. The van der Waals surface area contributed by atoms with Crippen molar-refractivity contribution in [2.75, 3.05) is 25.1 Å². The van der Waals surface area contributed by atoms with Gasteiger partial charge in [-0.3, -0.25) is 14.2 Å². The quantitative estimate of drug-likeness (QED) is 0.359. The van der Waals surface area contributed by atoms with Gasteiger partial charge in [0.15, 0.2) is 5.03 Å². The van der Waals surface area contributed by atoms with Gasteiger partial charge in [0.05, 0.1) is 24.9 Å². The molecule has 1 aromatic heterocycles. The van der Waals surface area contributed by atoms with Gasteiger partial charge in [-0.15, -0.1) is 0 Å². The molecule has 1 amide bonds. The number of aromatic nitrogens is 2. The van der Waals surface area contributed by atoms with Crippen LogP contribution in [0.1, 0.15) is 18.9 Å². The van der Waals surface area contributed by atoms with E-state index in [2.05, 4.69) is 20.9 Å². The van der Waals surface area contributed by atoms with Gasteiger partial charge in [-0.25, -0.2) is 18.3 Å². The molecule has 1 fully saturated rings. The van der Waals surface area contributed by atoms with E-state index in [1.165, 1.54) is 27.1 Å². The molecule has 2 atom stereocenters. The zero-order valence-corrected chi connectivity index (χ0v) is 24.3. The molecule has 2 aliphatic heterocycles. The Morgan fingerprint density at radius 3 is 2.47 bits per heavy atom. The van der Waals surface area contributed by atoms with Crippen LogP contribution in [0.3, 0.4) is 0 Å². The number of methoxy groups -OCH3 is 1. The number of sulfonamides is 1. The minimum atomic E-state index is -4.12. The summed E-state index contributed by atoms with van der Waals surface area (Å²) in [5.41, 5.74) is -0.155. The number of hydrogen-bond donors (Lipinski definition) is 0. The van der Waals surface area contributed by atoms with Crippen LogP contribution in [0.15, 0.2) is 58.2 Å². The standard InChI is InChI=1S/C25H23BrCl2N4O5S/c1-25(12-15-3-5-17(26)6-4-15)23(34)31(20-10-18(27)9-19(28)11-20)24-29-13-21(32(24)25)38(35,36)30-8-7-16(14-30)22(33)37-2/h3-6,9-11,13,16H,7-8,12,14H2,1-2H3/t16?,25-/m1/s1. The summed E-state index contributed by atoms with van der Waals surface area (Å²) in [6.45, 7) is 1.82. The molecular formula is C25H23BrCl2N4O5S. The number of hydrogen-bond acceptors (Lipinski definition) is 6. The number of amides is 1. The molecule has 1 unspecified atom stereocenters. The van der Waals surface area contributed by atoms with Gasteiger partial charge >= 0.3 is 5.97 Å². The van der Waals surface area contributed by atoms with Gasteiger partial charge in [-0.2, -0.15) is 4.31 Å². The molecule has 0 radical (unpaired) electrons. The van der Waals surface area contributed by atoms with Crippen molar-refractivity contribution in [3.63, 3.8) is 0 Å². The first-order valence-corrected chi connectivity index (χ1v) is 14.7. The maximum absolute atomic E-state index is 14.1. The topological polar surface area (TPSA) is 102 Å². The van der Waals surface area contributed by atoms with E-state index in [-0.39, 0.29) is 36.4 Å². The highest BCUT2D eigenvalue weighted by Gasteiger charge is 2.52. The lowest BCUT2D eigenvalue weighted by molar-refractivity contribution is -0.144. The molecule has 0 saturated carbocycles. The average Bonchev–Trinajstić information content (AvgIpc) is 3.57. The predicted octanol–water partition coefficient (Wildman–Crippen LogP) is 4.77. The largest absolute Gasteiger partial charge is 0.469 e. The summed E-state index contributed by atoms with van der Waals surface area (Å²) in [6.07, 6.45) is 1.79. The summed E-state index contributed by atoms with van der Waals surface area (Å²) in [7, 11) is -2.85. The molecule has 0 N–H and O–H groups in total. The lowest BCUT2D eigenvalue weighted by Gasteiger charge is -2.27. The predicted molar refractivity (Wildman–Crippen MR) is 146 cm³/mol. The second-order valence-electron chi connectivity index (χ2n) is 9.45. The number of esters is 1. The highest BCUT2D eigenvalue weighted by Crippen LogP contribution is 2.45. The minimum absolute atomic E-state index is 0.0134. The number of imidazole rings is 1. The first-order valence-electron chi connectivity index (χ1n) is 11.7. The Hall–Kier alpha value is -2.44. The van der Waals surface area contributed by atoms with Crippen LogP contribution in [0, 0.1) is 5.92 Å². The summed E-state index contributed by atoms with van der Waals surface area (Å²) in [6, 6.07) is 12.1. The van der Waals surface area contributed by atoms with Crippen molar-refractivity contribution in [2.45, 2.75) is 30.3 Å². The van der Waals surface area contributed by atoms with Gasteiger partial charge in [0, 0.05) is 34.0 Å². The maximum Gasteiger partial charge on any atom is 0.310 e. The normalized spacial score (nSPS) is 21.7. The third-order valence-electron chi connectivity index (χ3n) is 6.93. The fourth-order valence-corrected chi connectivity index (χ4v) is 7.52. The average molecular weight is 642 g/mol. The van der Waals surface area contributed by atoms with Crippen molar-refractivity contribution in [3.05, 3.63) is 68.7 Å². The number of fused-ring (bicyclic) bond motifs is 1. The van der Waals surface area contributed by atoms with Crippen LogP contribution >= 0.6 is 39.1 Å². The number of carbonyl (C=O) groups excluding carboxylic acids is 2. The first-order chi connectivity index (χ1) is 18.0. The van der Waals surface area contributed by atoms with E-state index in [9.17, 15) is 18.0 Å². The number of carbonyl (C=O) groups is 2. The van der Waals surface area contributed by atoms with E-state index in [0.29, 0.717) is 22.2 Å². The van der Waals surface area contributed by atoms with Crippen molar-refractivity contribution < 1.29 is 22.7 Å². The van der Waals surface area contributed by atoms with Gasteiger partial charge in [0.1, 0.15) is 5.54 Å². The highest BCUT2D eigenvalue weighted by molar-refractivity contribution is 9.10. The molecule has 38 heavy (non-hydrogen) atoms.